The molecule has 0 atom stereocenters. The average molecular weight is 420 g/mol. The zero-order valence-corrected chi connectivity index (χ0v) is 17.4. The Morgan fingerprint density at radius 3 is 2.77 bits per heavy atom. The minimum Gasteiger partial charge on any atom is -0.496 e. The normalized spacial score (nSPS) is 10.6. The van der Waals surface area contributed by atoms with Gasteiger partial charge in [-0.25, -0.2) is 4.98 Å². The van der Waals surface area contributed by atoms with Crippen LogP contribution in [-0.2, 0) is 6.61 Å². The van der Waals surface area contributed by atoms with Crippen molar-refractivity contribution < 1.29 is 18.7 Å². The molecule has 0 radical (unpaired) electrons. The lowest BCUT2D eigenvalue weighted by Gasteiger charge is -2.07. The Morgan fingerprint density at radius 1 is 1.13 bits per heavy atom. The Balaban J connectivity index is 1.42. The van der Waals surface area contributed by atoms with Gasteiger partial charge in [-0.05, 0) is 43.3 Å². The van der Waals surface area contributed by atoms with E-state index >= 15 is 0 Å². The summed E-state index contributed by atoms with van der Waals surface area (Å²) < 4.78 is 16.7. The second kappa shape index (κ2) is 8.84. The van der Waals surface area contributed by atoms with Crippen LogP contribution in [0.4, 0.5) is 5.13 Å². The van der Waals surface area contributed by atoms with Gasteiger partial charge in [0.2, 0.25) is 0 Å². The summed E-state index contributed by atoms with van der Waals surface area (Å²) in [5.41, 5.74) is 2.73. The second-order valence-corrected chi connectivity index (χ2v) is 7.42. The van der Waals surface area contributed by atoms with Crippen LogP contribution >= 0.6 is 11.3 Å². The van der Waals surface area contributed by atoms with Gasteiger partial charge in [-0.2, -0.15) is 0 Å². The molecule has 0 bridgehead atoms. The maximum Gasteiger partial charge on any atom is 0.293 e. The summed E-state index contributed by atoms with van der Waals surface area (Å²) in [7, 11) is 1.62. The van der Waals surface area contributed by atoms with Crippen LogP contribution in [0.2, 0.25) is 0 Å². The van der Waals surface area contributed by atoms with E-state index in [0.29, 0.717) is 10.9 Å². The van der Waals surface area contributed by atoms with Crippen molar-refractivity contribution in [2.45, 2.75) is 13.5 Å². The monoisotopic (exact) mass is 420 g/mol. The van der Waals surface area contributed by atoms with Crippen LogP contribution in [0.5, 0.6) is 11.5 Å². The molecule has 2 aromatic heterocycles. The maximum absolute atomic E-state index is 12.5. The van der Waals surface area contributed by atoms with Crippen LogP contribution in [0.3, 0.4) is 0 Å². The highest BCUT2D eigenvalue weighted by Gasteiger charge is 2.15. The van der Waals surface area contributed by atoms with Gasteiger partial charge in [-0.15, -0.1) is 11.3 Å². The minimum absolute atomic E-state index is 0.201. The van der Waals surface area contributed by atoms with Gasteiger partial charge < -0.3 is 13.9 Å². The molecule has 7 heteroatoms. The van der Waals surface area contributed by atoms with Crippen LogP contribution in [0.25, 0.3) is 11.3 Å². The number of hydrogen-bond acceptors (Lipinski definition) is 6. The second-order valence-electron chi connectivity index (χ2n) is 6.56. The van der Waals surface area contributed by atoms with E-state index in [2.05, 4.69) is 10.3 Å². The number of nitrogens with one attached hydrogen (secondary N) is 1. The molecule has 0 aliphatic heterocycles. The van der Waals surface area contributed by atoms with Crippen molar-refractivity contribution in [3.8, 4) is 22.8 Å². The average Bonchev–Trinajstić information content (AvgIpc) is 3.43. The van der Waals surface area contributed by atoms with Gasteiger partial charge in [0.25, 0.3) is 5.91 Å². The number of anilines is 1. The molecule has 0 unspecified atom stereocenters. The van der Waals surface area contributed by atoms with E-state index < -0.39 is 0 Å². The van der Waals surface area contributed by atoms with Crippen LogP contribution in [0.15, 0.2) is 70.5 Å². The lowest BCUT2D eigenvalue weighted by molar-refractivity contribution is 0.0992. The number of nitrogens with zero attached hydrogens (tertiary/aromatic N) is 1. The topological polar surface area (TPSA) is 73.6 Å². The Bertz CT molecular complexity index is 1150. The van der Waals surface area contributed by atoms with Crippen LogP contribution in [-0.4, -0.2) is 18.0 Å². The first-order valence-corrected chi connectivity index (χ1v) is 10.2. The largest absolute Gasteiger partial charge is 0.496 e. The molecule has 1 amide bonds. The van der Waals surface area contributed by atoms with Gasteiger partial charge in [-0.3, -0.25) is 10.1 Å². The highest BCUT2D eigenvalue weighted by atomic mass is 32.1. The van der Waals surface area contributed by atoms with Crippen LogP contribution in [0.1, 0.15) is 21.9 Å². The molecular formula is C23H20N2O4S. The molecule has 0 aliphatic rings. The van der Waals surface area contributed by atoms with E-state index in [1.165, 1.54) is 11.3 Å². The number of amides is 1. The van der Waals surface area contributed by atoms with E-state index in [4.69, 9.17) is 13.9 Å². The van der Waals surface area contributed by atoms with Crippen molar-refractivity contribution in [3.05, 3.63) is 83.1 Å². The third kappa shape index (κ3) is 4.52. The van der Waals surface area contributed by atoms with E-state index in [-0.39, 0.29) is 18.3 Å². The van der Waals surface area contributed by atoms with Crippen molar-refractivity contribution in [1.82, 2.24) is 4.98 Å². The third-order valence-electron chi connectivity index (χ3n) is 4.37. The number of methoxy groups -OCH3 is 1. The van der Waals surface area contributed by atoms with Gasteiger partial charge in [0, 0.05) is 10.9 Å². The van der Waals surface area contributed by atoms with Crippen molar-refractivity contribution in [1.29, 1.82) is 0 Å². The van der Waals surface area contributed by atoms with Gasteiger partial charge in [0.1, 0.15) is 23.9 Å². The number of aryl methyl sites for hydroxylation is 1. The predicted octanol–water partition coefficient (Wildman–Crippen LogP) is 5.55. The number of thiazole rings is 1. The zero-order valence-electron chi connectivity index (χ0n) is 16.5. The number of carbonyl (C=O) groups is 1. The van der Waals surface area contributed by atoms with Crippen LogP contribution < -0.4 is 14.8 Å². The van der Waals surface area contributed by atoms with Gasteiger partial charge in [0.15, 0.2) is 10.9 Å². The number of ether oxygens (including phenoxy) is 2. The Kier molecular flexibility index (Phi) is 5.81. The van der Waals surface area contributed by atoms with Crippen molar-refractivity contribution in [2.24, 2.45) is 0 Å². The molecule has 0 saturated carbocycles. The third-order valence-corrected chi connectivity index (χ3v) is 5.12. The molecule has 30 heavy (non-hydrogen) atoms. The summed E-state index contributed by atoms with van der Waals surface area (Å²) in [6.07, 6.45) is 0. The molecular weight excluding hydrogens is 400 g/mol. The minimum atomic E-state index is -0.363. The fourth-order valence-corrected chi connectivity index (χ4v) is 3.59. The first-order chi connectivity index (χ1) is 14.6. The van der Waals surface area contributed by atoms with Crippen molar-refractivity contribution in [2.75, 3.05) is 12.4 Å². The number of aromatic nitrogens is 1. The van der Waals surface area contributed by atoms with Gasteiger partial charge in [-0.1, -0.05) is 29.8 Å². The zero-order chi connectivity index (χ0) is 20.9. The molecule has 152 valence electrons. The molecule has 0 saturated heterocycles. The fourth-order valence-electron chi connectivity index (χ4n) is 2.88. The van der Waals surface area contributed by atoms with E-state index in [0.717, 1.165) is 28.3 Å². The Hall–Kier alpha value is -3.58. The quantitative estimate of drug-likeness (QED) is 0.424. The first kappa shape index (κ1) is 19.7. The smallest absolute Gasteiger partial charge is 0.293 e. The summed E-state index contributed by atoms with van der Waals surface area (Å²) in [6.45, 7) is 2.25. The Morgan fingerprint density at radius 2 is 1.97 bits per heavy atom. The molecule has 4 aromatic rings. The lowest BCUT2D eigenvalue weighted by Crippen LogP contribution is -2.10. The molecule has 6 nitrogen and oxygen atoms in total. The molecule has 2 heterocycles. The lowest BCUT2D eigenvalue weighted by atomic mass is 10.1. The molecule has 2 aromatic carbocycles. The Labute approximate surface area is 178 Å². The van der Waals surface area contributed by atoms with E-state index in [1.807, 2.05) is 60.8 Å². The summed E-state index contributed by atoms with van der Waals surface area (Å²) in [4.78, 5) is 17.0. The molecule has 1 N–H and O–H groups in total. The summed E-state index contributed by atoms with van der Waals surface area (Å²) >= 11 is 1.34. The highest BCUT2D eigenvalue weighted by Crippen LogP contribution is 2.33. The van der Waals surface area contributed by atoms with E-state index in [9.17, 15) is 4.79 Å². The maximum atomic E-state index is 12.5. The number of rotatable bonds is 7. The number of carbonyl (C=O) groups excluding carboxylic acids is 1. The summed E-state index contributed by atoms with van der Waals surface area (Å²) in [5.74, 6) is 1.87. The summed E-state index contributed by atoms with van der Waals surface area (Å²) in [5, 5.41) is 5.15. The SMILES string of the molecule is COc1ccc(C)cc1-c1csc(NC(=O)c2ccc(COc3ccccc3)o2)n1. The van der Waals surface area contributed by atoms with Gasteiger partial charge in [0.05, 0.1) is 12.8 Å². The molecule has 0 aliphatic carbocycles. The van der Waals surface area contributed by atoms with Crippen LogP contribution in [0, 0.1) is 6.92 Å². The standard InChI is InChI=1S/C23H20N2O4S/c1-15-8-10-20(27-2)18(12-15)19-14-30-23(24-19)25-22(26)21-11-9-17(29-21)13-28-16-6-4-3-5-7-16/h3-12,14H,13H2,1-2H3,(H,24,25,26). The molecule has 0 spiro atoms. The summed E-state index contributed by atoms with van der Waals surface area (Å²) in [6, 6.07) is 18.7. The molecule has 4 rings (SSSR count). The van der Waals surface area contributed by atoms with Crippen molar-refractivity contribution >= 4 is 22.4 Å². The number of hydrogen-bond donors (Lipinski definition) is 1. The highest BCUT2D eigenvalue weighted by molar-refractivity contribution is 7.14. The number of benzene rings is 2. The predicted molar refractivity (Wildman–Crippen MR) is 116 cm³/mol. The van der Waals surface area contributed by atoms with Crippen molar-refractivity contribution in [3.63, 3.8) is 0 Å². The fraction of sp³-hybridized carbons (Fsp3) is 0.130. The molecule has 0 fully saturated rings. The number of furan rings is 1. The van der Waals surface area contributed by atoms with Gasteiger partial charge >= 0.3 is 0 Å². The first-order valence-electron chi connectivity index (χ1n) is 9.31. The number of para-hydroxylation sites is 1. The van der Waals surface area contributed by atoms with E-state index in [1.54, 1.807) is 19.2 Å².